The summed E-state index contributed by atoms with van der Waals surface area (Å²) in [4.78, 5) is 30.2. The summed E-state index contributed by atoms with van der Waals surface area (Å²) in [6, 6.07) is 15.9. The first-order chi connectivity index (χ1) is 18.6. The molecule has 204 valence electrons. The Labute approximate surface area is 229 Å². The summed E-state index contributed by atoms with van der Waals surface area (Å²) in [5.74, 6) is -0.171. The molecule has 39 heavy (non-hydrogen) atoms. The lowest BCUT2D eigenvalue weighted by Gasteiger charge is -2.09. The first-order valence-electron chi connectivity index (χ1n) is 11.8. The number of carbonyl (C=O) groups excluding carboxylic acids is 2. The van der Waals surface area contributed by atoms with Gasteiger partial charge in [-0.05, 0) is 44.2 Å². The molecular weight excluding hydrogens is 542 g/mol. The van der Waals surface area contributed by atoms with Crippen molar-refractivity contribution in [3.63, 3.8) is 0 Å². The maximum atomic E-state index is 13.2. The minimum atomic E-state index is -3.86. The van der Waals surface area contributed by atoms with E-state index in [0.29, 0.717) is 21.7 Å². The molecule has 0 fully saturated rings. The van der Waals surface area contributed by atoms with Gasteiger partial charge in [0.25, 0.3) is 15.9 Å². The molecule has 0 radical (unpaired) electrons. The number of ether oxygens (including phenoxy) is 3. The van der Waals surface area contributed by atoms with Crippen molar-refractivity contribution in [3.8, 4) is 11.5 Å². The number of benzene rings is 3. The molecule has 4 aromatic rings. The lowest BCUT2D eigenvalue weighted by atomic mass is 10.2. The molecule has 0 aliphatic heterocycles. The molecule has 1 aromatic heterocycles. The van der Waals surface area contributed by atoms with Crippen LogP contribution in [-0.2, 0) is 26.1 Å². The Morgan fingerprint density at radius 2 is 1.69 bits per heavy atom. The number of anilines is 1. The average Bonchev–Trinajstić information content (AvgIpc) is 3.23. The fourth-order valence-electron chi connectivity index (χ4n) is 3.77. The second-order valence-electron chi connectivity index (χ2n) is 8.37. The summed E-state index contributed by atoms with van der Waals surface area (Å²) in [6.07, 6.45) is 0. The number of nitrogens with one attached hydrogen (secondary N) is 1. The van der Waals surface area contributed by atoms with Gasteiger partial charge in [0.15, 0.2) is 16.3 Å². The molecule has 3 aromatic carbocycles. The fourth-order valence-corrected chi connectivity index (χ4v) is 5.86. The molecule has 0 spiro atoms. The van der Waals surface area contributed by atoms with Gasteiger partial charge in [-0.3, -0.25) is 14.3 Å². The number of rotatable bonds is 9. The van der Waals surface area contributed by atoms with Gasteiger partial charge in [-0.2, -0.15) is 4.99 Å². The van der Waals surface area contributed by atoms with E-state index in [-0.39, 0.29) is 34.1 Å². The number of aromatic nitrogens is 1. The van der Waals surface area contributed by atoms with Crippen molar-refractivity contribution in [3.05, 3.63) is 76.6 Å². The van der Waals surface area contributed by atoms with Crippen LogP contribution in [0, 0.1) is 6.92 Å². The van der Waals surface area contributed by atoms with Crippen LogP contribution in [0.25, 0.3) is 10.2 Å². The quantitative estimate of drug-likeness (QED) is 0.301. The zero-order valence-corrected chi connectivity index (χ0v) is 23.4. The molecule has 10 nitrogen and oxygen atoms in total. The number of carbonyl (C=O) groups is 2. The van der Waals surface area contributed by atoms with E-state index >= 15 is 0 Å². The van der Waals surface area contributed by atoms with Crippen molar-refractivity contribution >= 4 is 49.1 Å². The van der Waals surface area contributed by atoms with E-state index in [4.69, 9.17) is 14.2 Å². The maximum absolute atomic E-state index is 13.2. The highest BCUT2D eigenvalue weighted by atomic mass is 32.2. The Bertz CT molecular complexity index is 1710. The van der Waals surface area contributed by atoms with Gasteiger partial charge in [0.1, 0.15) is 6.54 Å². The molecular formula is C27H27N3O7S2. The Morgan fingerprint density at radius 1 is 1.00 bits per heavy atom. The van der Waals surface area contributed by atoms with Crippen molar-refractivity contribution < 1.29 is 32.2 Å². The first kappa shape index (κ1) is 27.9. The molecule has 1 amide bonds. The monoisotopic (exact) mass is 569 g/mol. The van der Waals surface area contributed by atoms with Crippen LogP contribution in [0.4, 0.5) is 5.69 Å². The number of nitrogens with zero attached hydrogens (tertiary/aromatic N) is 2. The molecule has 0 aliphatic rings. The van der Waals surface area contributed by atoms with Crippen LogP contribution in [0.2, 0.25) is 0 Å². The van der Waals surface area contributed by atoms with Gasteiger partial charge in [0.05, 0.1) is 35.9 Å². The molecule has 1 heterocycles. The Hall–Kier alpha value is -4.16. The SMILES string of the molecule is CCOC(=O)Cn1c(=NC(=O)c2cccc(NS(=O)(=O)c3ccc(C)cc3)c2)sc2cc(OC)c(OC)cc21. The largest absolute Gasteiger partial charge is 0.493 e. The number of hydrogen-bond donors (Lipinski definition) is 1. The molecule has 1 N–H and O–H groups in total. The number of amides is 1. The third kappa shape index (κ3) is 6.29. The van der Waals surface area contributed by atoms with Crippen molar-refractivity contribution in [2.45, 2.75) is 25.3 Å². The molecule has 0 bridgehead atoms. The molecule has 4 rings (SSSR count). The molecule has 0 saturated carbocycles. The van der Waals surface area contributed by atoms with Crippen LogP contribution >= 0.6 is 11.3 Å². The second-order valence-corrected chi connectivity index (χ2v) is 11.1. The molecule has 0 aliphatic carbocycles. The Balaban J connectivity index is 1.73. The lowest BCUT2D eigenvalue weighted by Crippen LogP contribution is -2.23. The van der Waals surface area contributed by atoms with Crippen LogP contribution in [0.1, 0.15) is 22.8 Å². The third-order valence-electron chi connectivity index (χ3n) is 5.67. The zero-order valence-electron chi connectivity index (χ0n) is 21.8. The summed E-state index contributed by atoms with van der Waals surface area (Å²) in [6.45, 7) is 3.60. The fraction of sp³-hybridized carbons (Fsp3) is 0.222. The van der Waals surface area contributed by atoms with Gasteiger partial charge in [-0.25, -0.2) is 8.42 Å². The topological polar surface area (TPSA) is 125 Å². The molecule has 12 heteroatoms. The van der Waals surface area contributed by atoms with Gasteiger partial charge >= 0.3 is 5.97 Å². The predicted molar refractivity (Wildman–Crippen MR) is 148 cm³/mol. The van der Waals surface area contributed by atoms with Crippen molar-refractivity contribution in [2.24, 2.45) is 4.99 Å². The van der Waals surface area contributed by atoms with Crippen LogP contribution in [-0.4, -0.2) is 45.7 Å². The first-order valence-corrected chi connectivity index (χ1v) is 14.1. The standard InChI is InChI=1S/C27H27N3O7S2/c1-5-37-25(31)16-30-21-14-22(35-3)23(36-4)15-24(21)38-27(30)28-26(32)18-7-6-8-19(13-18)29-39(33,34)20-11-9-17(2)10-12-20/h6-15,29H,5,16H2,1-4H3. The number of aryl methyl sites for hydroxylation is 1. The Morgan fingerprint density at radius 3 is 2.36 bits per heavy atom. The molecule has 0 atom stereocenters. The van der Waals surface area contributed by atoms with Crippen LogP contribution in [0.5, 0.6) is 11.5 Å². The van der Waals surface area contributed by atoms with E-state index in [0.717, 1.165) is 5.56 Å². The molecule has 0 saturated heterocycles. The van der Waals surface area contributed by atoms with E-state index in [1.54, 1.807) is 47.9 Å². The normalized spacial score (nSPS) is 11.8. The van der Waals surface area contributed by atoms with Gasteiger partial charge in [-0.1, -0.05) is 35.1 Å². The van der Waals surface area contributed by atoms with Gasteiger partial charge in [-0.15, -0.1) is 0 Å². The van der Waals surface area contributed by atoms with E-state index in [1.807, 2.05) is 6.92 Å². The summed E-state index contributed by atoms with van der Waals surface area (Å²) in [7, 11) is -0.843. The predicted octanol–water partition coefficient (Wildman–Crippen LogP) is 4.13. The molecule has 0 unspecified atom stereocenters. The summed E-state index contributed by atoms with van der Waals surface area (Å²) >= 11 is 1.19. The number of esters is 1. The number of sulfonamides is 1. The Kier molecular flexibility index (Phi) is 8.36. The van der Waals surface area contributed by atoms with Gasteiger partial charge in [0.2, 0.25) is 0 Å². The second kappa shape index (κ2) is 11.7. The van der Waals surface area contributed by atoms with E-state index in [9.17, 15) is 18.0 Å². The lowest BCUT2D eigenvalue weighted by molar-refractivity contribution is -0.143. The maximum Gasteiger partial charge on any atom is 0.326 e. The van der Waals surface area contributed by atoms with Gasteiger partial charge in [0, 0.05) is 23.4 Å². The van der Waals surface area contributed by atoms with Crippen LogP contribution < -0.4 is 19.0 Å². The number of fused-ring (bicyclic) bond motifs is 1. The summed E-state index contributed by atoms with van der Waals surface area (Å²) in [5.41, 5.74) is 1.91. The third-order valence-corrected chi connectivity index (χ3v) is 8.11. The summed E-state index contributed by atoms with van der Waals surface area (Å²) < 4.78 is 46.3. The van der Waals surface area contributed by atoms with E-state index < -0.39 is 21.9 Å². The smallest absolute Gasteiger partial charge is 0.326 e. The van der Waals surface area contributed by atoms with E-state index in [2.05, 4.69) is 9.71 Å². The van der Waals surface area contributed by atoms with Crippen LogP contribution in [0.15, 0.2) is 70.6 Å². The zero-order chi connectivity index (χ0) is 28.2. The highest BCUT2D eigenvalue weighted by molar-refractivity contribution is 7.92. The van der Waals surface area contributed by atoms with E-state index in [1.165, 1.54) is 49.8 Å². The highest BCUT2D eigenvalue weighted by Crippen LogP contribution is 2.33. The van der Waals surface area contributed by atoms with Crippen LogP contribution in [0.3, 0.4) is 0 Å². The minimum absolute atomic E-state index is 0.102. The van der Waals surface area contributed by atoms with Crippen molar-refractivity contribution in [2.75, 3.05) is 25.5 Å². The van der Waals surface area contributed by atoms with Crippen molar-refractivity contribution in [1.82, 2.24) is 4.57 Å². The number of thiazole rings is 1. The summed E-state index contributed by atoms with van der Waals surface area (Å²) in [5, 5.41) is 0. The van der Waals surface area contributed by atoms with Crippen molar-refractivity contribution in [1.29, 1.82) is 0 Å². The average molecular weight is 570 g/mol. The highest BCUT2D eigenvalue weighted by Gasteiger charge is 2.18. The number of methoxy groups -OCH3 is 2. The number of hydrogen-bond acceptors (Lipinski definition) is 8. The minimum Gasteiger partial charge on any atom is -0.493 e. The van der Waals surface area contributed by atoms with Gasteiger partial charge < -0.3 is 18.8 Å².